The average molecular weight is 400 g/mol. The van der Waals surface area contributed by atoms with Crippen LogP contribution in [0.5, 0.6) is 11.5 Å². The normalized spacial score (nSPS) is 10.2. The molecule has 2 amide bonds. The Bertz CT molecular complexity index is 875. The molecule has 2 N–H and O–H groups in total. The molecule has 0 unspecified atom stereocenters. The van der Waals surface area contributed by atoms with Crippen LogP contribution in [-0.4, -0.2) is 54.6 Å². The summed E-state index contributed by atoms with van der Waals surface area (Å²) < 4.78 is 9.87. The van der Waals surface area contributed by atoms with Crippen LogP contribution >= 0.6 is 0 Å². The van der Waals surface area contributed by atoms with Gasteiger partial charge in [0.25, 0.3) is 11.8 Å². The van der Waals surface area contributed by atoms with E-state index in [-0.39, 0.29) is 17.2 Å². The number of benzene rings is 2. The molecule has 0 aliphatic rings. The van der Waals surface area contributed by atoms with E-state index >= 15 is 0 Å². The number of ether oxygens (including phenoxy) is 2. The number of nitrogens with zero attached hydrogens (tertiary/aromatic N) is 1. The van der Waals surface area contributed by atoms with Gasteiger partial charge >= 0.3 is 5.97 Å². The van der Waals surface area contributed by atoms with Crippen molar-refractivity contribution in [2.24, 2.45) is 0 Å². The molecule has 0 aliphatic heterocycles. The molecule has 0 aliphatic carbocycles. The Morgan fingerprint density at radius 2 is 1.69 bits per heavy atom. The zero-order valence-electron chi connectivity index (χ0n) is 16.6. The highest BCUT2D eigenvalue weighted by Crippen LogP contribution is 2.24. The molecule has 0 spiro atoms. The lowest BCUT2D eigenvalue weighted by Gasteiger charge is -2.18. The van der Waals surface area contributed by atoms with E-state index < -0.39 is 18.5 Å². The maximum atomic E-state index is 12.3. The van der Waals surface area contributed by atoms with Crippen molar-refractivity contribution in [2.45, 2.75) is 13.8 Å². The van der Waals surface area contributed by atoms with Crippen LogP contribution in [0, 0.1) is 0 Å². The number of methoxy groups -OCH3 is 1. The summed E-state index contributed by atoms with van der Waals surface area (Å²) in [4.78, 5) is 38.0. The number of nitrogens with one attached hydrogen (secondary N) is 1. The summed E-state index contributed by atoms with van der Waals surface area (Å²) in [7, 11) is 1.43. The standard InChI is InChI=1S/C21H24N2O6/c1-4-23(5-2)20(26)14-6-8-15(9-7-14)22-19(25)13-29-21(27)17-11-10-16(28-3)12-18(17)24/h6-12,24H,4-5,13H2,1-3H3,(H,22,25). The average Bonchev–Trinajstić information content (AvgIpc) is 2.73. The number of esters is 1. The number of amides is 2. The van der Waals surface area contributed by atoms with Crippen LogP contribution < -0.4 is 10.1 Å². The fourth-order valence-electron chi connectivity index (χ4n) is 2.61. The van der Waals surface area contributed by atoms with Crippen molar-refractivity contribution in [1.29, 1.82) is 0 Å². The molecule has 0 bridgehead atoms. The van der Waals surface area contributed by atoms with Gasteiger partial charge in [-0.3, -0.25) is 9.59 Å². The predicted molar refractivity (Wildman–Crippen MR) is 107 cm³/mol. The third kappa shape index (κ3) is 5.71. The number of aromatic hydroxyl groups is 1. The fraction of sp³-hybridized carbons (Fsp3) is 0.286. The summed E-state index contributed by atoms with van der Waals surface area (Å²) >= 11 is 0. The van der Waals surface area contributed by atoms with E-state index in [9.17, 15) is 19.5 Å². The molecule has 8 nitrogen and oxygen atoms in total. The highest BCUT2D eigenvalue weighted by atomic mass is 16.5. The van der Waals surface area contributed by atoms with E-state index in [2.05, 4.69) is 5.32 Å². The summed E-state index contributed by atoms with van der Waals surface area (Å²) in [6, 6.07) is 10.6. The van der Waals surface area contributed by atoms with Crippen LogP contribution in [0.4, 0.5) is 5.69 Å². The van der Waals surface area contributed by atoms with Crippen molar-refractivity contribution < 1.29 is 29.0 Å². The largest absolute Gasteiger partial charge is 0.507 e. The van der Waals surface area contributed by atoms with Gasteiger partial charge in [-0.1, -0.05) is 0 Å². The first-order valence-electron chi connectivity index (χ1n) is 9.12. The molecule has 154 valence electrons. The van der Waals surface area contributed by atoms with E-state index in [1.807, 2.05) is 13.8 Å². The van der Waals surface area contributed by atoms with Crippen LogP contribution in [0.25, 0.3) is 0 Å². The topological polar surface area (TPSA) is 105 Å². The van der Waals surface area contributed by atoms with Crippen LogP contribution in [0.3, 0.4) is 0 Å². The molecule has 0 radical (unpaired) electrons. The molecule has 8 heteroatoms. The lowest BCUT2D eigenvalue weighted by Crippen LogP contribution is -2.30. The molecule has 0 aromatic heterocycles. The molecular weight excluding hydrogens is 376 g/mol. The molecule has 29 heavy (non-hydrogen) atoms. The van der Waals surface area contributed by atoms with E-state index in [1.165, 1.54) is 25.3 Å². The molecule has 0 heterocycles. The second-order valence-electron chi connectivity index (χ2n) is 6.06. The minimum Gasteiger partial charge on any atom is -0.507 e. The van der Waals surface area contributed by atoms with Crippen molar-refractivity contribution in [3.05, 3.63) is 53.6 Å². The van der Waals surface area contributed by atoms with Crippen molar-refractivity contribution in [3.63, 3.8) is 0 Å². The Hall–Kier alpha value is -3.55. The number of phenolic OH excluding ortho intramolecular Hbond substituents is 1. The third-order valence-corrected chi connectivity index (χ3v) is 4.23. The van der Waals surface area contributed by atoms with Crippen LogP contribution in [0.1, 0.15) is 34.6 Å². The van der Waals surface area contributed by atoms with Gasteiger partial charge in [-0.25, -0.2) is 4.79 Å². The number of phenols is 1. The van der Waals surface area contributed by atoms with Gasteiger partial charge in [0.05, 0.1) is 7.11 Å². The van der Waals surface area contributed by atoms with Crippen molar-refractivity contribution in [2.75, 3.05) is 32.1 Å². The van der Waals surface area contributed by atoms with Crippen LogP contribution in [-0.2, 0) is 9.53 Å². The summed E-state index contributed by atoms with van der Waals surface area (Å²) in [6.07, 6.45) is 0. The maximum absolute atomic E-state index is 12.3. The molecule has 2 aromatic rings. The number of hydrogen-bond donors (Lipinski definition) is 2. The molecule has 2 rings (SSSR count). The first-order valence-corrected chi connectivity index (χ1v) is 9.12. The molecular formula is C21H24N2O6. The number of hydrogen-bond acceptors (Lipinski definition) is 6. The Labute approximate surface area is 169 Å². The molecule has 2 aromatic carbocycles. The number of carbonyl (C=O) groups is 3. The molecule has 0 fully saturated rings. The van der Waals surface area contributed by atoms with Gasteiger partial charge in [-0.15, -0.1) is 0 Å². The number of carbonyl (C=O) groups excluding carboxylic acids is 3. The summed E-state index contributed by atoms with van der Waals surface area (Å²) in [6.45, 7) is 4.52. The Kier molecular flexibility index (Phi) is 7.59. The summed E-state index contributed by atoms with van der Waals surface area (Å²) in [5.74, 6) is -1.38. The third-order valence-electron chi connectivity index (χ3n) is 4.23. The van der Waals surface area contributed by atoms with Gasteiger partial charge < -0.3 is 24.8 Å². The monoisotopic (exact) mass is 400 g/mol. The lowest BCUT2D eigenvalue weighted by molar-refractivity contribution is -0.119. The second kappa shape index (κ2) is 10.1. The Morgan fingerprint density at radius 3 is 2.24 bits per heavy atom. The summed E-state index contributed by atoms with van der Waals surface area (Å²) in [5, 5.41) is 12.4. The van der Waals surface area contributed by atoms with Crippen LogP contribution in [0.2, 0.25) is 0 Å². The highest BCUT2D eigenvalue weighted by Gasteiger charge is 2.16. The van der Waals surface area contributed by atoms with E-state index in [4.69, 9.17) is 9.47 Å². The zero-order valence-corrected chi connectivity index (χ0v) is 16.6. The number of anilines is 1. The van der Waals surface area contributed by atoms with Crippen molar-refractivity contribution >= 4 is 23.5 Å². The van der Waals surface area contributed by atoms with Gasteiger partial charge in [0.2, 0.25) is 0 Å². The minimum atomic E-state index is -0.833. The molecule has 0 saturated heterocycles. The first kappa shape index (κ1) is 21.7. The van der Waals surface area contributed by atoms with Crippen LogP contribution in [0.15, 0.2) is 42.5 Å². The first-order chi connectivity index (χ1) is 13.9. The predicted octanol–water partition coefficient (Wildman–Crippen LogP) is 2.68. The lowest BCUT2D eigenvalue weighted by atomic mass is 10.1. The zero-order chi connectivity index (χ0) is 21.4. The minimum absolute atomic E-state index is 0.0714. The smallest absolute Gasteiger partial charge is 0.342 e. The van der Waals surface area contributed by atoms with E-state index in [0.29, 0.717) is 30.1 Å². The Morgan fingerprint density at radius 1 is 1.03 bits per heavy atom. The van der Waals surface area contributed by atoms with Gasteiger partial charge in [0.15, 0.2) is 6.61 Å². The van der Waals surface area contributed by atoms with Gasteiger partial charge in [0, 0.05) is 30.4 Å². The second-order valence-corrected chi connectivity index (χ2v) is 6.06. The Balaban J connectivity index is 1.91. The van der Waals surface area contributed by atoms with Gasteiger partial charge in [0.1, 0.15) is 17.1 Å². The van der Waals surface area contributed by atoms with Gasteiger partial charge in [-0.05, 0) is 50.2 Å². The van der Waals surface area contributed by atoms with E-state index in [0.717, 1.165) is 0 Å². The number of rotatable bonds is 8. The highest BCUT2D eigenvalue weighted by molar-refractivity contribution is 5.98. The summed E-state index contributed by atoms with van der Waals surface area (Å²) in [5.41, 5.74) is 0.917. The molecule has 0 saturated carbocycles. The van der Waals surface area contributed by atoms with E-state index in [1.54, 1.807) is 29.2 Å². The molecule has 0 atom stereocenters. The maximum Gasteiger partial charge on any atom is 0.342 e. The van der Waals surface area contributed by atoms with Crippen molar-refractivity contribution in [1.82, 2.24) is 4.90 Å². The SMILES string of the molecule is CCN(CC)C(=O)c1ccc(NC(=O)COC(=O)c2ccc(OC)cc2O)cc1. The van der Waals surface area contributed by atoms with Crippen molar-refractivity contribution in [3.8, 4) is 11.5 Å². The fourth-order valence-corrected chi connectivity index (χ4v) is 2.61. The van der Waals surface area contributed by atoms with Gasteiger partial charge in [-0.2, -0.15) is 0 Å². The quantitative estimate of drug-likeness (QED) is 0.660.